The van der Waals surface area contributed by atoms with E-state index in [1.165, 1.54) is 5.56 Å². The summed E-state index contributed by atoms with van der Waals surface area (Å²) in [5, 5.41) is 5.40. The average molecular weight is 303 g/mol. The molecule has 2 aromatic heterocycles. The number of anilines is 1. The van der Waals surface area contributed by atoms with E-state index in [1.54, 1.807) is 25.6 Å². The first-order valence-electron chi connectivity index (χ1n) is 6.60. The Balaban J connectivity index is 1.88. The summed E-state index contributed by atoms with van der Waals surface area (Å²) in [4.78, 5) is 5.38. The molecule has 0 bridgehead atoms. The van der Waals surface area contributed by atoms with E-state index in [-0.39, 0.29) is 0 Å². The van der Waals surface area contributed by atoms with Gasteiger partial charge >= 0.3 is 0 Å². The maximum atomic E-state index is 5.41. The van der Waals surface area contributed by atoms with E-state index < -0.39 is 0 Å². The lowest BCUT2D eigenvalue weighted by molar-refractivity contribution is 0.395. The Labute approximate surface area is 127 Å². The van der Waals surface area contributed by atoms with Gasteiger partial charge in [-0.05, 0) is 24.6 Å². The first kappa shape index (κ1) is 13.8. The molecule has 0 spiro atoms. The van der Waals surface area contributed by atoms with Gasteiger partial charge in [0.25, 0.3) is 0 Å². The number of nitrogens with one attached hydrogen (secondary N) is 1. The van der Waals surface area contributed by atoms with Gasteiger partial charge in [-0.3, -0.25) is 4.40 Å². The Hall–Kier alpha value is -2.21. The van der Waals surface area contributed by atoms with E-state index in [9.17, 15) is 0 Å². The molecule has 6 heteroatoms. The minimum atomic E-state index is 0.612. The summed E-state index contributed by atoms with van der Waals surface area (Å²) in [5.41, 5.74) is 3.12. The SMILES string of the molecule is COc1cc(C)ccc1NCc1c(OC)nc2sccn12. The van der Waals surface area contributed by atoms with Gasteiger partial charge < -0.3 is 14.8 Å². The number of benzene rings is 1. The summed E-state index contributed by atoms with van der Waals surface area (Å²) >= 11 is 1.59. The summed E-state index contributed by atoms with van der Waals surface area (Å²) < 4.78 is 12.8. The second-order valence-corrected chi connectivity index (χ2v) is 5.55. The number of rotatable bonds is 5. The highest BCUT2D eigenvalue weighted by Crippen LogP contribution is 2.28. The van der Waals surface area contributed by atoms with E-state index in [4.69, 9.17) is 9.47 Å². The maximum Gasteiger partial charge on any atom is 0.238 e. The van der Waals surface area contributed by atoms with E-state index >= 15 is 0 Å². The van der Waals surface area contributed by atoms with Gasteiger partial charge in [-0.1, -0.05) is 6.07 Å². The Bertz CT molecular complexity index is 763. The molecular formula is C15H17N3O2S. The monoisotopic (exact) mass is 303 g/mol. The van der Waals surface area contributed by atoms with Crippen LogP contribution in [0.5, 0.6) is 11.6 Å². The fourth-order valence-electron chi connectivity index (χ4n) is 2.26. The summed E-state index contributed by atoms with van der Waals surface area (Å²) in [5.74, 6) is 1.49. The summed E-state index contributed by atoms with van der Waals surface area (Å²) in [6.07, 6.45) is 2.00. The van der Waals surface area contributed by atoms with E-state index in [0.717, 1.165) is 22.1 Å². The number of aryl methyl sites for hydroxylation is 1. The third-order valence-corrected chi connectivity index (χ3v) is 4.08. The fraction of sp³-hybridized carbons (Fsp3) is 0.267. The highest BCUT2D eigenvalue weighted by molar-refractivity contribution is 7.15. The van der Waals surface area contributed by atoms with Gasteiger partial charge in [0.2, 0.25) is 5.88 Å². The predicted octanol–water partition coefficient (Wildman–Crippen LogP) is 3.33. The zero-order valence-electron chi connectivity index (χ0n) is 12.2. The third-order valence-electron chi connectivity index (χ3n) is 3.32. The zero-order valence-corrected chi connectivity index (χ0v) is 13.0. The smallest absolute Gasteiger partial charge is 0.238 e. The van der Waals surface area contributed by atoms with Crippen molar-refractivity contribution in [1.82, 2.24) is 9.38 Å². The summed E-state index contributed by atoms with van der Waals surface area (Å²) in [6, 6.07) is 6.08. The van der Waals surface area contributed by atoms with Crippen molar-refractivity contribution < 1.29 is 9.47 Å². The fourth-order valence-corrected chi connectivity index (χ4v) is 2.98. The van der Waals surface area contributed by atoms with Crippen LogP contribution < -0.4 is 14.8 Å². The number of fused-ring (bicyclic) bond motifs is 1. The van der Waals surface area contributed by atoms with Crippen LogP contribution in [0.2, 0.25) is 0 Å². The first-order valence-corrected chi connectivity index (χ1v) is 7.48. The number of thiazole rings is 1. The van der Waals surface area contributed by atoms with Gasteiger partial charge in [-0.15, -0.1) is 11.3 Å². The molecule has 0 fully saturated rings. The molecule has 0 saturated carbocycles. The van der Waals surface area contributed by atoms with Crippen LogP contribution in [-0.4, -0.2) is 23.6 Å². The minimum Gasteiger partial charge on any atom is -0.495 e. The first-order chi connectivity index (χ1) is 10.2. The number of nitrogens with zero attached hydrogens (tertiary/aromatic N) is 2. The van der Waals surface area contributed by atoms with Gasteiger partial charge in [-0.2, -0.15) is 4.98 Å². The molecule has 21 heavy (non-hydrogen) atoms. The molecule has 110 valence electrons. The molecule has 0 aliphatic rings. The molecular weight excluding hydrogens is 286 g/mol. The molecule has 0 atom stereocenters. The highest BCUT2D eigenvalue weighted by atomic mass is 32.1. The molecule has 0 aliphatic heterocycles. The lowest BCUT2D eigenvalue weighted by atomic mass is 10.2. The van der Waals surface area contributed by atoms with E-state index in [0.29, 0.717) is 12.4 Å². The van der Waals surface area contributed by atoms with Crippen molar-refractivity contribution >= 4 is 22.0 Å². The van der Waals surface area contributed by atoms with Crippen LogP contribution in [0.4, 0.5) is 5.69 Å². The van der Waals surface area contributed by atoms with Crippen LogP contribution in [0.15, 0.2) is 29.8 Å². The molecule has 0 aliphatic carbocycles. The molecule has 3 rings (SSSR count). The zero-order chi connectivity index (χ0) is 14.8. The normalized spacial score (nSPS) is 10.8. The van der Waals surface area contributed by atoms with Crippen molar-refractivity contribution in [2.24, 2.45) is 0 Å². The molecule has 5 nitrogen and oxygen atoms in total. The Kier molecular flexibility index (Phi) is 3.70. The number of hydrogen-bond acceptors (Lipinski definition) is 5. The van der Waals surface area contributed by atoms with Gasteiger partial charge in [0.1, 0.15) is 11.4 Å². The number of hydrogen-bond donors (Lipinski definition) is 1. The van der Waals surface area contributed by atoms with Gasteiger partial charge in [0.05, 0.1) is 26.5 Å². The largest absolute Gasteiger partial charge is 0.495 e. The lowest BCUT2D eigenvalue weighted by Gasteiger charge is -2.12. The Morgan fingerprint density at radius 3 is 2.90 bits per heavy atom. The standard InChI is InChI=1S/C15H17N3O2S/c1-10-4-5-11(13(8-10)19-2)16-9-12-14(20-3)17-15-18(12)6-7-21-15/h4-8,16H,9H2,1-3H3. The van der Waals surface area contributed by atoms with Crippen molar-refractivity contribution in [2.45, 2.75) is 13.5 Å². The van der Waals surface area contributed by atoms with E-state index in [1.807, 2.05) is 35.0 Å². The summed E-state index contributed by atoms with van der Waals surface area (Å²) in [7, 11) is 3.32. The molecule has 0 saturated heterocycles. The molecule has 0 radical (unpaired) electrons. The van der Waals surface area contributed by atoms with Crippen molar-refractivity contribution in [2.75, 3.05) is 19.5 Å². The third kappa shape index (κ3) is 2.54. The lowest BCUT2D eigenvalue weighted by Crippen LogP contribution is -2.05. The molecule has 1 aromatic carbocycles. The van der Waals surface area contributed by atoms with Crippen LogP contribution in [0.25, 0.3) is 4.96 Å². The van der Waals surface area contributed by atoms with Crippen molar-refractivity contribution in [1.29, 1.82) is 0 Å². The highest BCUT2D eigenvalue weighted by Gasteiger charge is 2.14. The Morgan fingerprint density at radius 1 is 1.29 bits per heavy atom. The second kappa shape index (κ2) is 5.65. The van der Waals surface area contributed by atoms with Gasteiger partial charge in [0, 0.05) is 11.6 Å². The number of methoxy groups -OCH3 is 2. The number of imidazole rings is 1. The van der Waals surface area contributed by atoms with Crippen molar-refractivity contribution in [3.8, 4) is 11.6 Å². The predicted molar refractivity (Wildman–Crippen MR) is 84.7 cm³/mol. The van der Waals surface area contributed by atoms with Gasteiger partial charge in [0.15, 0.2) is 4.96 Å². The van der Waals surface area contributed by atoms with Crippen LogP contribution in [0.3, 0.4) is 0 Å². The van der Waals surface area contributed by atoms with Gasteiger partial charge in [-0.25, -0.2) is 0 Å². The number of ether oxygens (including phenoxy) is 2. The molecule has 0 amide bonds. The molecule has 3 aromatic rings. The minimum absolute atomic E-state index is 0.612. The second-order valence-electron chi connectivity index (χ2n) is 4.68. The van der Waals surface area contributed by atoms with E-state index in [2.05, 4.69) is 16.4 Å². The molecule has 0 unspecified atom stereocenters. The molecule has 1 N–H and O–H groups in total. The summed E-state index contributed by atoms with van der Waals surface area (Å²) in [6.45, 7) is 2.65. The van der Waals surface area contributed by atoms with Crippen LogP contribution in [0, 0.1) is 6.92 Å². The topological polar surface area (TPSA) is 47.8 Å². The van der Waals surface area contributed by atoms with Crippen LogP contribution in [-0.2, 0) is 6.54 Å². The van der Waals surface area contributed by atoms with Crippen molar-refractivity contribution in [3.63, 3.8) is 0 Å². The Morgan fingerprint density at radius 2 is 2.14 bits per heavy atom. The van der Waals surface area contributed by atoms with Crippen molar-refractivity contribution in [3.05, 3.63) is 41.0 Å². The van der Waals surface area contributed by atoms with Crippen LogP contribution >= 0.6 is 11.3 Å². The molecule has 2 heterocycles. The quantitative estimate of drug-likeness (QED) is 0.785. The average Bonchev–Trinajstić information content (AvgIpc) is 3.06. The van der Waals surface area contributed by atoms with Crippen LogP contribution in [0.1, 0.15) is 11.3 Å². The number of aromatic nitrogens is 2. The maximum absolute atomic E-state index is 5.41.